The van der Waals surface area contributed by atoms with Crippen LogP contribution in [0.2, 0.25) is 0 Å². The van der Waals surface area contributed by atoms with Gasteiger partial charge in [0, 0.05) is 6.42 Å². The standard InChI is InChI=1S/C12H13N5O2S/c1-8-6-10(20-9(8)4-2-3-5-18)12(19)13-7-11-14-16-17-15-11/h6,18H,3,5,7H2,1H3,(H,13,19)(H,14,15,16,17). The predicted molar refractivity (Wildman–Crippen MR) is 73.0 cm³/mol. The Morgan fingerprint density at radius 2 is 2.45 bits per heavy atom. The summed E-state index contributed by atoms with van der Waals surface area (Å²) in [4.78, 5) is 13.4. The molecule has 0 radical (unpaired) electrons. The summed E-state index contributed by atoms with van der Waals surface area (Å²) < 4.78 is 0. The summed E-state index contributed by atoms with van der Waals surface area (Å²) >= 11 is 1.32. The fourth-order valence-corrected chi connectivity index (χ4v) is 2.38. The summed E-state index contributed by atoms with van der Waals surface area (Å²) in [7, 11) is 0. The Balaban J connectivity index is 2.00. The van der Waals surface area contributed by atoms with Gasteiger partial charge >= 0.3 is 0 Å². The van der Waals surface area contributed by atoms with Gasteiger partial charge in [-0.3, -0.25) is 4.79 Å². The minimum absolute atomic E-state index is 0.0372. The van der Waals surface area contributed by atoms with Crippen LogP contribution in [0.15, 0.2) is 6.07 Å². The topological polar surface area (TPSA) is 104 Å². The molecule has 0 aromatic carbocycles. The number of aryl methyl sites for hydroxylation is 1. The molecule has 0 fully saturated rings. The van der Waals surface area contributed by atoms with Gasteiger partial charge in [0.25, 0.3) is 5.91 Å². The highest BCUT2D eigenvalue weighted by molar-refractivity contribution is 7.14. The van der Waals surface area contributed by atoms with Crippen LogP contribution in [0, 0.1) is 18.8 Å². The van der Waals surface area contributed by atoms with Crippen LogP contribution >= 0.6 is 11.3 Å². The number of aliphatic hydroxyl groups excluding tert-OH is 1. The van der Waals surface area contributed by atoms with Gasteiger partial charge in [-0.15, -0.1) is 21.5 Å². The second-order valence-electron chi connectivity index (χ2n) is 3.91. The summed E-state index contributed by atoms with van der Waals surface area (Å²) in [6.07, 6.45) is 0.427. The molecule has 0 bridgehead atoms. The van der Waals surface area contributed by atoms with Crippen LogP contribution in [0.25, 0.3) is 0 Å². The van der Waals surface area contributed by atoms with Gasteiger partial charge in [-0.2, -0.15) is 5.21 Å². The number of thiophene rings is 1. The van der Waals surface area contributed by atoms with Crippen molar-refractivity contribution in [3.63, 3.8) is 0 Å². The molecular formula is C12H13N5O2S. The molecule has 0 unspecified atom stereocenters. The normalized spacial score (nSPS) is 9.90. The number of H-pyrrole nitrogens is 1. The first-order valence-electron chi connectivity index (χ1n) is 5.91. The lowest BCUT2D eigenvalue weighted by Gasteiger charge is -1.98. The number of hydrogen-bond acceptors (Lipinski definition) is 6. The second kappa shape index (κ2) is 6.79. The summed E-state index contributed by atoms with van der Waals surface area (Å²) in [6.45, 7) is 2.16. The quantitative estimate of drug-likeness (QED) is 0.700. The molecule has 2 rings (SSSR count). The van der Waals surface area contributed by atoms with Crippen molar-refractivity contribution in [2.75, 3.05) is 6.61 Å². The number of nitrogens with one attached hydrogen (secondary N) is 2. The Kier molecular flexibility index (Phi) is 4.81. The van der Waals surface area contributed by atoms with Crippen LogP contribution in [-0.2, 0) is 6.54 Å². The summed E-state index contributed by atoms with van der Waals surface area (Å²) in [6, 6.07) is 1.79. The number of nitrogens with zero attached hydrogens (tertiary/aromatic N) is 3. The minimum atomic E-state index is -0.196. The number of tetrazole rings is 1. The molecule has 0 aliphatic carbocycles. The zero-order chi connectivity index (χ0) is 14.4. The molecule has 1 amide bonds. The molecule has 0 aliphatic rings. The molecule has 0 atom stereocenters. The number of carbonyl (C=O) groups excluding carboxylic acids is 1. The van der Waals surface area contributed by atoms with Crippen molar-refractivity contribution < 1.29 is 9.90 Å². The number of hydrogen-bond donors (Lipinski definition) is 3. The van der Waals surface area contributed by atoms with Crippen molar-refractivity contribution in [3.8, 4) is 11.8 Å². The Morgan fingerprint density at radius 1 is 1.60 bits per heavy atom. The van der Waals surface area contributed by atoms with Gasteiger partial charge in [-0.25, -0.2) is 0 Å². The van der Waals surface area contributed by atoms with Crippen LogP contribution in [0.1, 0.15) is 32.4 Å². The van der Waals surface area contributed by atoms with E-state index >= 15 is 0 Å². The van der Waals surface area contributed by atoms with Gasteiger partial charge in [0.1, 0.15) is 0 Å². The van der Waals surface area contributed by atoms with Gasteiger partial charge in [0.05, 0.1) is 22.9 Å². The van der Waals surface area contributed by atoms with Crippen LogP contribution in [0.3, 0.4) is 0 Å². The van der Waals surface area contributed by atoms with Gasteiger partial charge in [0.15, 0.2) is 5.82 Å². The summed E-state index contributed by atoms with van der Waals surface area (Å²) in [5, 5.41) is 24.6. The van der Waals surface area contributed by atoms with E-state index in [0.717, 1.165) is 10.4 Å². The average molecular weight is 291 g/mol. The second-order valence-corrected chi connectivity index (χ2v) is 4.96. The Morgan fingerprint density at radius 3 is 3.15 bits per heavy atom. The van der Waals surface area contributed by atoms with Crippen LogP contribution in [0.5, 0.6) is 0 Å². The first-order valence-corrected chi connectivity index (χ1v) is 6.73. The number of aromatic amines is 1. The van der Waals surface area contributed by atoms with Gasteiger partial charge in [-0.1, -0.05) is 17.1 Å². The highest BCUT2D eigenvalue weighted by atomic mass is 32.1. The van der Waals surface area contributed by atoms with Crippen molar-refractivity contribution >= 4 is 17.2 Å². The third kappa shape index (κ3) is 3.63. The average Bonchev–Trinajstić information content (AvgIpc) is 3.07. The van der Waals surface area contributed by atoms with E-state index in [9.17, 15) is 4.79 Å². The Bertz CT molecular complexity index is 639. The van der Waals surface area contributed by atoms with E-state index in [1.54, 1.807) is 6.07 Å². The molecule has 7 nitrogen and oxygen atoms in total. The highest BCUT2D eigenvalue weighted by Crippen LogP contribution is 2.20. The minimum Gasteiger partial charge on any atom is -0.395 e. The summed E-state index contributed by atoms with van der Waals surface area (Å²) in [5.41, 5.74) is 0.949. The fourth-order valence-electron chi connectivity index (χ4n) is 1.42. The van der Waals surface area contributed by atoms with Crippen molar-refractivity contribution in [2.24, 2.45) is 0 Å². The molecule has 104 valence electrons. The zero-order valence-electron chi connectivity index (χ0n) is 10.8. The number of aromatic nitrogens is 4. The maximum atomic E-state index is 12.0. The third-order valence-corrected chi connectivity index (χ3v) is 3.53. The first-order chi connectivity index (χ1) is 9.70. The van der Waals surface area contributed by atoms with E-state index in [1.165, 1.54) is 11.3 Å². The molecule has 0 saturated heterocycles. The van der Waals surface area contributed by atoms with Crippen LogP contribution in [-0.4, -0.2) is 38.2 Å². The first kappa shape index (κ1) is 14.2. The van der Waals surface area contributed by atoms with Gasteiger partial charge < -0.3 is 10.4 Å². The Labute approximate surface area is 119 Å². The smallest absolute Gasteiger partial charge is 0.261 e. The predicted octanol–water partition coefficient (Wildman–Crippen LogP) is 0.234. The number of amides is 1. The largest absolute Gasteiger partial charge is 0.395 e. The number of rotatable bonds is 4. The van der Waals surface area contributed by atoms with E-state index in [0.29, 0.717) is 17.1 Å². The molecule has 20 heavy (non-hydrogen) atoms. The van der Waals surface area contributed by atoms with Crippen molar-refractivity contribution in [3.05, 3.63) is 27.2 Å². The molecule has 0 saturated carbocycles. The van der Waals surface area contributed by atoms with Crippen molar-refractivity contribution in [2.45, 2.75) is 19.9 Å². The highest BCUT2D eigenvalue weighted by Gasteiger charge is 2.12. The SMILES string of the molecule is Cc1cc(C(=O)NCc2nn[nH]n2)sc1C#CCCO. The number of carbonyl (C=O) groups is 1. The lowest BCUT2D eigenvalue weighted by molar-refractivity contribution is 0.0954. The zero-order valence-corrected chi connectivity index (χ0v) is 11.6. The molecular weight excluding hydrogens is 278 g/mol. The van der Waals surface area contributed by atoms with Gasteiger partial charge in [-0.05, 0) is 18.6 Å². The van der Waals surface area contributed by atoms with E-state index in [1.807, 2.05) is 6.92 Å². The molecule has 0 aliphatic heterocycles. The van der Waals surface area contributed by atoms with E-state index in [2.05, 4.69) is 37.8 Å². The summed E-state index contributed by atoms with van der Waals surface area (Å²) in [5.74, 6) is 6.02. The van der Waals surface area contributed by atoms with E-state index < -0.39 is 0 Å². The molecule has 0 spiro atoms. The molecule has 3 N–H and O–H groups in total. The lowest BCUT2D eigenvalue weighted by atomic mass is 10.2. The van der Waals surface area contributed by atoms with Crippen molar-refractivity contribution in [1.82, 2.24) is 25.9 Å². The van der Waals surface area contributed by atoms with E-state index in [-0.39, 0.29) is 19.1 Å². The molecule has 2 aromatic rings. The van der Waals surface area contributed by atoms with Crippen LogP contribution in [0.4, 0.5) is 0 Å². The Hall–Kier alpha value is -2.24. The van der Waals surface area contributed by atoms with Crippen molar-refractivity contribution in [1.29, 1.82) is 0 Å². The molecule has 2 heterocycles. The molecule has 8 heteroatoms. The fraction of sp³-hybridized carbons (Fsp3) is 0.333. The maximum Gasteiger partial charge on any atom is 0.261 e. The molecule has 2 aromatic heterocycles. The lowest BCUT2D eigenvalue weighted by Crippen LogP contribution is -2.22. The van der Waals surface area contributed by atoms with E-state index in [4.69, 9.17) is 5.11 Å². The number of aliphatic hydroxyl groups is 1. The van der Waals surface area contributed by atoms with Gasteiger partial charge in [0.2, 0.25) is 0 Å². The maximum absolute atomic E-state index is 12.0. The third-order valence-electron chi connectivity index (χ3n) is 2.38. The van der Waals surface area contributed by atoms with Crippen LogP contribution < -0.4 is 5.32 Å². The monoisotopic (exact) mass is 291 g/mol.